The second-order valence-corrected chi connectivity index (χ2v) is 2.83. The van der Waals surface area contributed by atoms with Gasteiger partial charge in [0.2, 0.25) is 5.91 Å². The zero-order valence-electron chi connectivity index (χ0n) is 7.73. The van der Waals surface area contributed by atoms with Crippen molar-refractivity contribution in [1.29, 1.82) is 5.41 Å². The summed E-state index contributed by atoms with van der Waals surface area (Å²) in [7, 11) is 0. The van der Waals surface area contributed by atoms with Crippen molar-refractivity contribution in [1.82, 2.24) is 5.32 Å². The van der Waals surface area contributed by atoms with Gasteiger partial charge in [0.15, 0.2) is 0 Å². The number of nitrogens with one attached hydrogen (secondary N) is 2. The highest BCUT2D eigenvalue weighted by atomic mass is 35.5. The minimum atomic E-state index is -0.415. The summed E-state index contributed by atoms with van der Waals surface area (Å²) in [6.45, 7) is 2.55. The Labute approximate surface area is 83.1 Å². The molecule has 0 saturated heterocycles. The van der Waals surface area contributed by atoms with Crippen molar-refractivity contribution >= 4 is 23.5 Å². The minimum absolute atomic E-state index is 0.152. The number of halogens is 1. The molecule has 0 aromatic rings. The maximum absolute atomic E-state index is 10.6. The number of hydrogen-bond donors (Lipinski definition) is 2. The van der Waals surface area contributed by atoms with Crippen molar-refractivity contribution in [2.45, 2.75) is 26.2 Å². The molecule has 0 aromatic heterocycles. The number of unbranched alkanes of at least 4 members (excludes halogenated alkanes) is 2. The second-order valence-electron chi connectivity index (χ2n) is 2.57. The van der Waals surface area contributed by atoms with E-state index >= 15 is 0 Å². The van der Waals surface area contributed by atoms with Crippen molar-refractivity contribution in [3.8, 4) is 0 Å². The summed E-state index contributed by atoms with van der Waals surface area (Å²) >= 11 is 5.22. The van der Waals surface area contributed by atoms with Crippen LogP contribution in [0.15, 0.2) is 0 Å². The van der Waals surface area contributed by atoms with Gasteiger partial charge in [0.1, 0.15) is 5.88 Å². The molecule has 0 aliphatic heterocycles. The second kappa shape index (κ2) is 7.86. The fourth-order valence-electron chi connectivity index (χ4n) is 0.722. The highest BCUT2D eigenvalue weighted by Gasteiger charge is 2.02. The molecule has 0 spiro atoms. The van der Waals surface area contributed by atoms with Crippen LogP contribution in [0.1, 0.15) is 26.2 Å². The van der Waals surface area contributed by atoms with E-state index in [-0.39, 0.29) is 11.9 Å². The Morgan fingerprint density at radius 3 is 2.77 bits per heavy atom. The zero-order valence-corrected chi connectivity index (χ0v) is 8.49. The Morgan fingerprint density at radius 2 is 2.23 bits per heavy atom. The predicted molar refractivity (Wildman–Crippen MR) is 52.1 cm³/mol. The lowest BCUT2D eigenvalue weighted by Crippen LogP contribution is -2.32. The lowest BCUT2D eigenvalue weighted by Gasteiger charge is -2.06. The van der Waals surface area contributed by atoms with E-state index in [4.69, 9.17) is 21.7 Å². The average Bonchev–Trinajstić information content (AvgIpc) is 2.12. The Kier molecular flexibility index (Phi) is 7.39. The third kappa shape index (κ3) is 7.59. The van der Waals surface area contributed by atoms with Crippen molar-refractivity contribution in [3.63, 3.8) is 0 Å². The molecular formula is C8H15ClN2O2. The Balaban J connectivity index is 3.35. The topological polar surface area (TPSA) is 62.2 Å². The standard InChI is InChI=1S/C8H15ClN2O2/c1-2-3-4-5-13-8(10)11-7(12)6-9/h2-6H2,1H3,(H2,10,11,12). The van der Waals surface area contributed by atoms with Crippen LogP contribution in [0.25, 0.3) is 0 Å². The largest absolute Gasteiger partial charge is 0.465 e. The van der Waals surface area contributed by atoms with Gasteiger partial charge in [-0.25, -0.2) is 0 Å². The van der Waals surface area contributed by atoms with Crippen LogP contribution in [0.5, 0.6) is 0 Å². The maximum atomic E-state index is 10.6. The van der Waals surface area contributed by atoms with E-state index in [1.165, 1.54) is 0 Å². The number of carbonyl (C=O) groups is 1. The molecule has 0 radical (unpaired) electrons. The normalized spacial score (nSPS) is 9.38. The van der Waals surface area contributed by atoms with E-state index in [0.29, 0.717) is 6.61 Å². The fourth-order valence-corrected chi connectivity index (χ4v) is 0.789. The van der Waals surface area contributed by atoms with Crippen LogP contribution in [0.2, 0.25) is 0 Å². The van der Waals surface area contributed by atoms with Gasteiger partial charge >= 0.3 is 0 Å². The van der Waals surface area contributed by atoms with Crippen LogP contribution in [0, 0.1) is 5.41 Å². The van der Waals surface area contributed by atoms with Crippen molar-refractivity contribution in [2.24, 2.45) is 0 Å². The Hall–Kier alpha value is -0.770. The van der Waals surface area contributed by atoms with Gasteiger partial charge in [0, 0.05) is 0 Å². The highest BCUT2D eigenvalue weighted by molar-refractivity contribution is 6.28. The van der Waals surface area contributed by atoms with E-state index in [9.17, 15) is 4.79 Å². The molecule has 0 fully saturated rings. The molecule has 0 atom stereocenters. The smallest absolute Gasteiger partial charge is 0.288 e. The molecule has 0 aliphatic carbocycles. The van der Waals surface area contributed by atoms with Crippen LogP contribution in [0.3, 0.4) is 0 Å². The first-order chi connectivity index (χ1) is 6.20. The van der Waals surface area contributed by atoms with Crippen molar-refractivity contribution < 1.29 is 9.53 Å². The lowest BCUT2D eigenvalue weighted by atomic mass is 10.3. The molecule has 0 aliphatic rings. The zero-order chi connectivity index (χ0) is 10.1. The minimum Gasteiger partial charge on any atom is -0.465 e. The Bertz CT molecular complexity index is 174. The Morgan fingerprint density at radius 1 is 1.54 bits per heavy atom. The number of carbonyl (C=O) groups excluding carboxylic acids is 1. The first kappa shape index (κ1) is 12.2. The van der Waals surface area contributed by atoms with Gasteiger partial charge in [-0.3, -0.25) is 15.5 Å². The molecule has 0 bridgehead atoms. The molecule has 13 heavy (non-hydrogen) atoms. The van der Waals surface area contributed by atoms with Gasteiger partial charge < -0.3 is 4.74 Å². The summed E-state index contributed by atoms with van der Waals surface area (Å²) in [4.78, 5) is 10.6. The summed E-state index contributed by atoms with van der Waals surface area (Å²) in [5, 5.41) is 9.34. The molecule has 0 saturated carbocycles. The summed E-state index contributed by atoms with van der Waals surface area (Å²) in [5.74, 6) is -0.567. The predicted octanol–water partition coefficient (Wildman–Crippen LogP) is 1.48. The number of alkyl halides is 1. The van der Waals surface area contributed by atoms with Crippen LogP contribution in [-0.4, -0.2) is 24.4 Å². The van der Waals surface area contributed by atoms with Gasteiger partial charge in [0.25, 0.3) is 6.02 Å². The molecule has 0 rings (SSSR count). The van der Waals surface area contributed by atoms with E-state index in [1.54, 1.807) is 0 Å². The first-order valence-corrected chi connectivity index (χ1v) is 4.81. The van der Waals surface area contributed by atoms with Gasteiger partial charge in [-0.2, -0.15) is 0 Å². The number of amidine groups is 1. The van der Waals surface area contributed by atoms with Crippen LogP contribution < -0.4 is 5.32 Å². The maximum Gasteiger partial charge on any atom is 0.288 e. The van der Waals surface area contributed by atoms with Gasteiger partial charge in [-0.15, -0.1) is 11.6 Å². The van der Waals surface area contributed by atoms with Crippen LogP contribution in [-0.2, 0) is 9.53 Å². The monoisotopic (exact) mass is 206 g/mol. The number of amides is 1. The van der Waals surface area contributed by atoms with Crippen molar-refractivity contribution in [3.05, 3.63) is 0 Å². The number of ether oxygens (including phenoxy) is 1. The van der Waals surface area contributed by atoms with Gasteiger partial charge in [0.05, 0.1) is 6.61 Å². The lowest BCUT2D eigenvalue weighted by molar-refractivity contribution is -0.117. The van der Waals surface area contributed by atoms with Gasteiger partial charge in [-0.05, 0) is 6.42 Å². The molecule has 0 aromatic carbocycles. The van der Waals surface area contributed by atoms with Gasteiger partial charge in [-0.1, -0.05) is 19.8 Å². The molecule has 5 heteroatoms. The molecule has 76 valence electrons. The summed E-state index contributed by atoms with van der Waals surface area (Å²) in [6.07, 6.45) is 3.07. The SMILES string of the molecule is CCCCCOC(=N)NC(=O)CCl. The number of rotatable bonds is 5. The van der Waals surface area contributed by atoms with Crippen molar-refractivity contribution in [2.75, 3.05) is 12.5 Å². The molecular weight excluding hydrogens is 192 g/mol. The van der Waals surface area contributed by atoms with E-state index in [2.05, 4.69) is 12.2 Å². The van der Waals surface area contributed by atoms with Crippen LogP contribution >= 0.6 is 11.6 Å². The summed E-state index contributed by atoms with van der Waals surface area (Å²) in [5.41, 5.74) is 0. The average molecular weight is 207 g/mol. The highest BCUT2D eigenvalue weighted by Crippen LogP contribution is 1.93. The first-order valence-electron chi connectivity index (χ1n) is 4.27. The van der Waals surface area contributed by atoms with Crippen LogP contribution in [0.4, 0.5) is 0 Å². The fraction of sp³-hybridized carbons (Fsp3) is 0.750. The van der Waals surface area contributed by atoms with E-state index in [1.807, 2.05) is 0 Å². The summed E-state index contributed by atoms with van der Waals surface area (Å²) < 4.78 is 4.91. The van der Waals surface area contributed by atoms with E-state index in [0.717, 1.165) is 19.3 Å². The summed E-state index contributed by atoms with van der Waals surface area (Å²) in [6, 6.07) is -0.221. The molecule has 2 N–H and O–H groups in total. The van der Waals surface area contributed by atoms with E-state index < -0.39 is 5.91 Å². The molecule has 0 heterocycles. The third-order valence-corrected chi connectivity index (χ3v) is 1.61. The number of hydrogen-bond acceptors (Lipinski definition) is 3. The third-order valence-electron chi connectivity index (χ3n) is 1.37. The quantitative estimate of drug-likeness (QED) is 0.310. The molecule has 4 nitrogen and oxygen atoms in total. The molecule has 0 unspecified atom stereocenters. The molecule has 1 amide bonds.